The molecule has 1 N–H and O–H groups in total. The third kappa shape index (κ3) is 3.96. The van der Waals surface area contributed by atoms with E-state index in [0.717, 1.165) is 44.2 Å². The first-order valence-electron chi connectivity index (χ1n) is 9.53. The predicted octanol–water partition coefficient (Wildman–Crippen LogP) is 4.64. The highest BCUT2D eigenvalue weighted by atomic mass is 16.3. The van der Waals surface area contributed by atoms with Gasteiger partial charge in [-0.15, -0.1) is 0 Å². The quantitative estimate of drug-likeness (QED) is 0.803. The van der Waals surface area contributed by atoms with E-state index in [1.165, 1.54) is 16.7 Å². The second-order valence-corrected chi connectivity index (χ2v) is 7.84. The Bertz CT molecular complexity index is 691. The van der Waals surface area contributed by atoms with Gasteiger partial charge in [0, 0.05) is 5.92 Å². The second-order valence-electron chi connectivity index (χ2n) is 7.84. The summed E-state index contributed by atoms with van der Waals surface area (Å²) in [5.41, 5.74) is 4.24. The minimum atomic E-state index is -0.779. The van der Waals surface area contributed by atoms with Gasteiger partial charge in [-0.2, -0.15) is 0 Å². The number of aryl methyl sites for hydroxylation is 2. The Balaban J connectivity index is 2.00. The molecule has 0 amide bonds. The van der Waals surface area contributed by atoms with Crippen molar-refractivity contribution in [2.75, 3.05) is 20.6 Å². The Kier molecular flexibility index (Phi) is 5.61. The highest BCUT2D eigenvalue weighted by Crippen LogP contribution is 2.47. The average Bonchev–Trinajstić information content (AvgIpc) is 2.73. The highest BCUT2D eigenvalue weighted by molar-refractivity contribution is 5.39. The van der Waals surface area contributed by atoms with Crippen LogP contribution in [0.25, 0.3) is 0 Å². The number of nitrogens with zero attached hydrogens (tertiary/aromatic N) is 1. The normalized spacial score (nSPS) is 23.3. The Labute approximate surface area is 152 Å². The maximum absolute atomic E-state index is 12.0. The van der Waals surface area contributed by atoms with Crippen molar-refractivity contribution in [2.24, 2.45) is 0 Å². The standard InChI is InChI=1S/C23H31NO/c1-18-12-14-20(15-13-18)22-11-6-9-19-8-4-5-10-21(19)23(22,25)16-7-17-24(2)3/h4-5,8,10,12-15,22,25H,6-7,9,11,16-17H2,1-3H3/t22-,23-/m1/s1. The fraction of sp³-hybridized carbons (Fsp3) is 0.478. The van der Waals surface area contributed by atoms with Gasteiger partial charge in [0.1, 0.15) is 0 Å². The van der Waals surface area contributed by atoms with Crippen LogP contribution in [0, 0.1) is 6.92 Å². The Morgan fingerprint density at radius 1 is 1.08 bits per heavy atom. The van der Waals surface area contributed by atoms with Gasteiger partial charge in [0.05, 0.1) is 5.60 Å². The van der Waals surface area contributed by atoms with Gasteiger partial charge in [0.25, 0.3) is 0 Å². The van der Waals surface area contributed by atoms with E-state index in [9.17, 15) is 5.11 Å². The molecule has 0 aliphatic heterocycles. The Morgan fingerprint density at radius 3 is 2.52 bits per heavy atom. The molecule has 0 saturated heterocycles. The molecule has 1 aliphatic rings. The molecule has 2 nitrogen and oxygen atoms in total. The molecular weight excluding hydrogens is 306 g/mol. The maximum atomic E-state index is 12.0. The molecule has 2 heteroatoms. The third-order valence-corrected chi connectivity index (χ3v) is 5.64. The van der Waals surface area contributed by atoms with Crippen LogP contribution < -0.4 is 0 Å². The van der Waals surface area contributed by atoms with Crippen molar-refractivity contribution in [3.63, 3.8) is 0 Å². The van der Waals surface area contributed by atoms with E-state index in [2.05, 4.69) is 74.4 Å². The van der Waals surface area contributed by atoms with Crippen LogP contribution in [0.15, 0.2) is 48.5 Å². The minimum absolute atomic E-state index is 0.166. The van der Waals surface area contributed by atoms with Crippen LogP contribution in [0.4, 0.5) is 0 Å². The summed E-state index contributed by atoms with van der Waals surface area (Å²) in [7, 11) is 4.20. The molecule has 1 aliphatic carbocycles. The lowest BCUT2D eigenvalue weighted by atomic mass is 9.73. The number of rotatable bonds is 5. The van der Waals surface area contributed by atoms with Crippen LogP contribution in [0.5, 0.6) is 0 Å². The van der Waals surface area contributed by atoms with Gasteiger partial charge in [-0.05, 0) is 76.4 Å². The van der Waals surface area contributed by atoms with E-state index in [1.54, 1.807) is 0 Å². The van der Waals surface area contributed by atoms with Crippen LogP contribution >= 0.6 is 0 Å². The smallest absolute Gasteiger partial charge is 0.0967 e. The molecule has 0 aromatic heterocycles. The summed E-state index contributed by atoms with van der Waals surface area (Å²) in [4.78, 5) is 2.20. The van der Waals surface area contributed by atoms with Gasteiger partial charge in [-0.25, -0.2) is 0 Å². The summed E-state index contributed by atoms with van der Waals surface area (Å²) < 4.78 is 0. The predicted molar refractivity (Wildman–Crippen MR) is 105 cm³/mol. The Morgan fingerprint density at radius 2 is 1.80 bits per heavy atom. The number of hydrogen-bond donors (Lipinski definition) is 1. The van der Waals surface area contributed by atoms with E-state index in [0.29, 0.717) is 0 Å². The molecule has 0 spiro atoms. The van der Waals surface area contributed by atoms with Crippen LogP contribution in [0.3, 0.4) is 0 Å². The van der Waals surface area contributed by atoms with E-state index >= 15 is 0 Å². The first-order chi connectivity index (χ1) is 12.0. The molecule has 0 radical (unpaired) electrons. The first-order valence-corrected chi connectivity index (χ1v) is 9.53. The van der Waals surface area contributed by atoms with E-state index in [4.69, 9.17) is 0 Å². The van der Waals surface area contributed by atoms with Crippen LogP contribution in [-0.4, -0.2) is 30.6 Å². The number of fused-ring (bicyclic) bond motifs is 1. The maximum Gasteiger partial charge on any atom is 0.0967 e. The second kappa shape index (κ2) is 7.72. The minimum Gasteiger partial charge on any atom is -0.385 e. The SMILES string of the molecule is Cc1ccc([C@H]2CCCc3ccccc3[C@]2(O)CCCN(C)C)cc1. The van der Waals surface area contributed by atoms with Gasteiger partial charge in [0.15, 0.2) is 0 Å². The lowest BCUT2D eigenvalue weighted by molar-refractivity contribution is -0.00605. The highest BCUT2D eigenvalue weighted by Gasteiger charge is 2.41. The summed E-state index contributed by atoms with van der Waals surface area (Å²) in [5.74, 6) is 0.166. The summed E-state index contributed by atoms with van der Waals surface area (Å²) in [6, 6.07) is 17.3. The number of aliphatic hydroxyl groups is 1. The summed E-state index contributed by atoms with van der Waals surface area (Å²) >= 11 is 0. The summed E-state index contributed by atoms with van der Waals surface area (Å²) in [5, 5.41) is 12.0. The van der Waals surface area contributed by atoms with Crippen LogP contribution in [-0.2, 0) is 12.0 Å². The zero-order chi connectivity index (χ0) is 17.9. The van der Waals surface area contributed by atoms with Gasteiger partial charge in [0.2, 0.25) is 0 Å². The Hall–Kier alpha value is -1.64. The average molecular weight is 338 g/mol. The van der Waals surface area contributed by atoms with Crippen molar-refractivity contribution < 1.29 is 5.11 Å². The zero-order valence-corrected chi connectivity index (χ0v) is 15.8. The van der Waals surface area contributed by atoms with Crippen LogP contribution in [0.2, 0.25) is 0 Å². The molecule has 2 atom stereocenters. The van der Waals surface area contributed by atoms with Crippen molar-refractivity contribution in [3.8, 4) is 0 Å². The molecule has 25 heavy (non-hydrogen) atoms. The van der Waals surface area contributed by atoms with Gasteiger partial charge < -0.3 is 10.0 Å². The molecule has 3 rings (SSSR count). The molecule has 0 bridgehead atoms. The first kappa shape index (κ1) is 18.2. The largest absolute Gasteiger partial charge is 0.385 e. The molecule has 2 aromatic carbocycles. The van der Waals surface area contributed by atoms with Crippen molar-refractivity contribution in [1.82, 2.24) is 4.90 Å². The van der Waals surface area contributed by atoms with Gasteiger partial charge >= 0.3 is 0 Å². The topological polar surface area (TPSA) is 23.5 Å². The van der Waals surface area contributed by atoms with Crippen molar-refractivity contribution >= 4 is 0 Å². The molecule has 134 valence electrons. The number of hydrogen-bond acceptors (Lipinski definition) is 2. The van der Waals surface area contributed by atoms with Crippen molar-refractivity contribution in [3.05, 3.63) is 70.8 Å². The lowest BCUT2D eigenvalue weighted by Crippen LogP contribution is -2.34. The van der Waals surface area contributed by atoms with Crippen LogP contribution in [0.1, 0.15) is 53.9 Å². The van der Waals surface area contributed by atoms with E-state index < -0.39 is 5.60 Å². The van der Waals surface area contributed by atoms with E-state index in [-0.39, 0.29) is 5.92 Å². The van der Waals surface area contributed by atoms with Gasteiger partial charge in [-0.3, -0.25) is 0 Å². The fourth-order valence-corrected chi connectivity index (χ4v) is 4.30. The zero-order valence-electron chi connectivity index (χ0n) is 15.8. The molecule has 0 heterocycles. The third-order valence-electron chi connectivity index (χ3n) is 5.64. The molecule has 0 unspecified atom stereocenters. The number of benzene rings is 2. The molecule has 2 aromatic rings. The molecule has 0 fully saturated rings. The molecular formula is C23H31NO. The summed E-state index contributed by atoms with van der Waals surface area (Å²) in [6.45, 7) is 3.13. The fourth-order valence-electron chi connectivity index (χ4n) is 4.30. The summed E-state index contributed by atoms with van der Waals surface area (Å²) in [6.07, 6.45) is 5.04. The van der Waals surface area contributed by atoms with Crippen molar-refractivity contribution in [1.29, 1.82) is 0 Å². The van der Waals surface area contributed by atoms with Gasteiger partial charge in [-0.1, -0.05) is 54.1 Å². The molecule has 0 saturated carbocycles. The monoisotopic (exact) mass is 337 g/mol. The lowest BCUT2D eigenvalue weighted by Gasteiger charge is -2.37. The van der Waals surface area contributed by atoms with E-state index in [1.807, 2.05) is 0 Å². The van der Waals surface area contributed by atoms with Crippen molar-refractivity contribution in [2.45, 2.75) is 50.5 Å².